The van der Waals surface area contributed by atoms with E-state index in [1.807, 2.05) is 7.05 Å². The molecule has 1 aromatic carbocycles. The monoisotopic (exact) mass is 176 g/mol. The molecule has 2 nitrogen and oxygen atoms in total. The number of hydrogen-bond donors (Lipinski definition) is 1. The topological polar surface area (TPSA) is 15.3 Å². The van der Waals surface area contributed by atoms with Gasteiger partial charge in [0, 0.05) is 25.8 Å². The zero-order valence-corrected chi connectivity index (χ0v) is 8.30. The Morgan fingerprint density at radius 3 is 3.00 bits per heavy atom. The zero-order chi connectivity index (χ0) is 9.26. The third kappa shape index (κ3) is 1.54. The van der Waals surface area contributed by atoms with E-state index < -0.39 is 0 Å². The summed E-state index contributed by atoms with van der Waals surface area (Å²) in [6, 6.07) is 6.52. The predicted octanol–water partition coefficient (Wildman–Crippen LogP) is 1.72. The molecule has 13 heavy (non-hydrogen) atoms. The number of anilines is 1. The van der Waals surface area contributed by atoms with Crippen LogP contribution >= 0.6 is 0 Å². The lowest BCUT2D eigenvalue weighted by Gasteiger charge is -2.26. The summed E-state index contributed by atoms with van der Waals surface area (Å²) in [5.41, 5.74) is 4.26. The number of fused-ring (bicyclic) bond motifs is 1. The Hall–Kier alpha value is -1.02. The number of benzene rings is 1. The predicted molar refractivity (Wildman–Crippen MR) is 56.0 cm³/mol. The van der Waals surface area contributed by atoms with Gasteiger partial charge in [0.05, 0.1) is 0 Å². The lowest BCUT2D eigenvalue weighted by molar-refractivity contribution is 0.313. The van der Waals surface area contributed by atoms with Gasteiger partial charge < -0.3 is 10.2 Å². The van der Waals surface area contributed by atoms with Crippen LogP contribution in [0.5, 0.6) is 0 Å². The lowest BCUT2D eigenvalue weighted by atomic mass is 9.98. The van der Waals surface area contributed by atoms with E-state index in [1.165, 1.54) is 29.8 Å². The van der Waals surface area contributed by atoms with Crippen LogP contribution in [0.25, 0.3) is 0 Å². The summed E-state index contributed by atoms with van der Waals surface area (Å²) in [5.74, 6) is 0. The van der Waals surface area contributed by atoms with Crippen LogP contribution in [0.4, 0.5) is 5.69 Å². The third-order valence-corrected chi connectivity index (χ3v) is 2.73. The second kappa shape index (κ2) is 3.38. The van der Waals surface area contributed by atoms with Crippen molar-refractivity contribution < 1.29 is 0 Å². The van der Waals surface area contributed by atoms with E-state index in [1.54, 1.807) is 0 Å². The van der Waals surface area contributed by atoms with Crippen molar-refractivity contribution in [2.75, 3.05) is 26.0 Å². The Kier molecular flexibility index (Phi) is 2.23. The fourth-order valence-electron chi connectivity index (χ4n) is 1.95. The van der Waals surface area contributed by atoms with Gasteiger partial charge in [0.1, 0.15) is 0 Å². The molecule has 0 saturated carbocycles. The first kappa shape index (κ1) is 8.57. The molecule has 0 aromatic heterocycles. The van der Waals surface area contributed by atoms with Gasteiger partial charge in [0.2, 0.25) is 0 Å². The molecule has 1 N–H and O–H groups in total. The maximum absolute atomic E-state index is 3.25. The molecule has 2 rings (SSSR count). The molecule has 0 bridgehead atoms. The Bertz CT molecular complexity index is 293. The largest absolute Gasteiger partial charge is 0.388 e. The number of rotatable bonds is 1. The fraction of sp³-hybridized carbons (Fsp3) is 0.455. The molecule has 1 aliphatic rings. The Labute approximate surface area is 79.6 Å². The summed E-state index contributed by atoms with van der Waals surface area (Å²) in [7, 11) is 4.17. The van der Waals surface area contributed by atoms with E-state index in [4.69, 9.17) is 0 Å². The standard InChI is InChI=1S/C11H16N2/c1-12-11-5-3-4-9-6-7-13(2)8-10(9)11/h3-5,12H,6-8H2,1-2H3. The van der Waals surface area contributed by atoms with Crippen LogP contribution in [0.2, 0.25) is 0 Å². The molecular weight excluding hydrogens is 160 g/mol. The maximum atomic E-state index is 3.25. The van der Waals surface area contributed by atoms with Gasteiger partial charge >= 0.3 is 0 Å². The SMILES string of the molecule is CNc1cccc2c1CN(C)CC2. The number of nitrogens with zero attached hydrogens (tertiary/aromatic N) is 1. The van der Waals surface area contributed by atoms with Crippen LogP contribution in [-0.4, -0.2) is 25.5 Å². The van der Waals surface area contributed by atoms with Crippen molar-refractivity contribution in [3.8, 4) is 0 Å². The van der Waals surface area contributed by atoms with Crippen molar-refractivity contribution in [3.05, 3.63) is 29.3 Å². The highest BCUT2D eigenvalue weighted by Crippen LogP contribution is 2.24. The van der Waals surface area contributed by atoms with Crippen LogP contribution < -0.4 is 5.32 Å². The normalized spacial score (nSPS) is 16.8. The summed E-state index contributed by atoms with van der Waals surface area (Å²) in [6.07, 6.45) is 1.18. The quantitative estimate of drug-likeness (QED) is 0.701. The molecule has 0 fully saturated rings. The van der Waals surface area contributed by atoms with Crippen LogP contribution in [0, 0.1) is 0 Å². The highest BCUT2D eigenvalue weighted by Gasteiger charge is 2.14. The lowest BCUT2D eigenvalue weighted by Crippen LogP contribution is -2.27. The van der Waals surface area contributed by atoms with E-state index >= 15 is 0 Å². The van der Waals surface area contributed by atoms with Gasteiger partial charge in [-0.05, 0) is 30.7 Å². The number of likely N-dealkylation sites (N-methyl/N-ethyl adjacent to an activating group) is 1. The first-order chi connectivity index (χ1) is 6.31. The van der Waals surface area contributed by atoms with E-state index in [9.17, 15) is 0 Å². The van der Waals surface area contributed by atoms with Crippen molar-refractivity contribution in [1.29, 1.82) is 0 Å². The second-order valence-electron chi connectivity index (χ2n) is 3.68. The van der Waals surface area contributed by atoms with Crippen LogP contribution in [0.1, 0.15) is 11.1 Å². The fourth-order valence-corrected chi connectivity index (χ4v) is 1.95. The van der Waals surface area contributed by atoms with Gasteiger partial charge in [-0.25, -0.2) is 0 Å². The molecule has 0 unspecified atom stereocenters. The van der Waals surface area contributed by atoms with Crippen LogP contribution in [0.15, 0.2) is 18.2 Å². The molecule has 1 heterocycles. The molecule has 0 aliphatic carbocycles. The molecule has 70 valence electrons. The summed E-state index contributed by atoms with van der Waals surface area (Å²) in [4.78, 5) is 2.36. The third-order valence-electron chi connectivity index (χ3n) is 2.73. The van der Waals surface area contributed by atoms with E-state index in [-0.39, 0.29) is 0 Å². The molecule has 0 radical (unpaired) electrons. The molecule has 2 heteroatoms. The van der Waals surface area contributed by atoms with Gasteiger partial charge in [0.25, 0.3) is 0 Å². The van der Waals surface area contributed by atoms with E-state index in [0.717, 1.165) is 6.54 Å². The van der Waals surface area contributed by atoms with Crippen molar-refractivity contribution >= 4 is 5.69 Å². The minimum atomic E-state index is 1.08. The number of nitrogens with one attached hydrogen (secondary N) is 1. The minimum absolute atomic E-state index is 1.08. The average Bonchev–Trinajstić information content (AvgIpc) is 2.17. The highest BCUT2D eigenvalue weighted by atomic mass is 15.1. The molecule has 1 aliphatic heterocycles. The summed E-state index contributed by atoms with van der Waals surface area (Å²) < 4.78 is 0. The van der Waals surface area contributed by atoms with Gasteiger partial charge in [-0.2, -0.15) is 0 Å². The van der Waals surface area contributed by atoms with Gasteiger partial charge in [-0.15, -0.1) is 0 Å². The maximum Gasteiger partial charge on any atom is 0.0386 e. The molecule has 1 aromatic rings. The summed E-state index contributed by atoms with van der Waals surface area (Å²) in [6.45, 7) is 2.26. The van der Waals surface area contributed by atoms with Crippen molar-refractivity contribution in [3.63, 3.8) is 0 Å². The minimum Gasteiger partial charge on any atom is -0.388 e. The highest BCUT2D eigenvalue weighted by molar-refractivity contribution is 5.55. The molecule has 0 atom stereocenters. The smallest absolute Gasteiger partial charge is 0.0386 e. The summed E-state index contributed by atoms with van der Waals surface area (Å²) >= 11 is 0. The van der Waals surface area contributed by atoms with Gasteiger partial charge in [0.15, 0.2) is 0 Å². The van der Waals surface area contributed by atoms with Gasteiger partial charge in [-0.3, -0.25) is 0 Å². The molecular formula is C11H16N2. The molecule has 0 amide bonds. The first-order valence-corrected chi connectivity index (χ1v) is 4.78. The van der Waals surface area contributed by atoms with E-state index in [0.29, 0.717) is 0 Å². The molecule has 0 saturated heterocycles. The van der Waals surface area contributed by atoms with Crippen molar-refractivity contribution in [2.24, 2.45) is 0 Å². The van der Waals surface area contributed by atoms with E-state index in [2.05, 4.69) is 35.5 Å². The van der Waals surface area contributed by atoms with Crippen molar-refractivity contribution in [1.82, 2.24) is 4.90 Å². The molecule has 0 spiro atoms. The van der Waals surface area contributed by atoms with Gasteiger partial charge in [-0.1, -0.05) is 12.1 Å². The summed E-state index contributed by atoms with van der Waals surface area (Å²) in [5, 5.41) is 3.25. The Morgan fingerprint density at radius 2 is 2.23 bits per heavy atom. The second-order valence-corrected chi connectivity index (χ2v) is 3.68. The van der Waals surface area contributed by atoms with Crippen LogP contribution in [0.3, 0.4) is 0 Å². The van der Waals surface area contributed by atoms with Crippen molar-refractivity contribution in [2.45, 2.75) is 13.0 Å². The number of hydrogen-bond acceptors (Lipinski definition) is 2. The zero-order valence-electron chi connectivity index (χ0n) is 8.30. The van der Waals surface area contributed by atoms with Crippen LogP contribution in [-0.2, 0) is 13.0 Å². The Balaban J connectivity index is 2.41. The average molecular weight is 176 g/mol. The first-order valence-electron chi connectivity index (χ1n) is 4.78. The Morgan fingerprint density at radius 1 is 1.38 bits per heavy atom.